The van der Waals surface area contributed by atoms with Crippen LogP contribution in [0.4, 0.5) is 4.79 Å². The number of carboxylic acid groups (broad SMARTS) is 1. The van der Waals surface area contributed by atoms with E-state index in [1.165, 1.54) is 11.1 Å². The van der Waals surface area contributed by atoms with Gasteiger partial charge >= 0.3 is 6.09 Å². The maximum atomic E-state index is 11.7. The molecule has 2 fully saturated rings. The molecule has 2 aromatic rings. The van der Waals surface area contributed by atoms with Gasteiger partial charge in [-0.25, -0.2) is 4.79 Å². The van der Waals surface area contributed by atoms with Crippen LogP contribution in [0.2, 0.25) is 0 Å². The minimum Gasteiger partial charge on any atom is -0.465 e. The van der Waals surface area contributed by atoms with Crippen LogP contribution in [0.1, 0.15) is 23.5 Å². The van der Waals surface area contributed by atoms with Gasteiger partial charge < -0.3 is 15.7 Å². The molecule has 3 N–H and O–H groups in total. The first-order valence-corrected chi connectivity index (χ1v) is 9.22. The summed E-state index contributed by atoms with van der Waals surface area (Å²) in [4.78, 5) is 15.8. The maximum Gasteiger partial charge on any atom is 0.407 e. The van der Waals surface area contributed by atoms with Crippen molar-refractivity contribution in [3.63, 3.8) is 0 Å². The first kappa shape index (κ1) is 17.1. The maximum absolute atomic E-state index is 11.7. The molecule has 0 aliphatic carbocycles. The zero-order valence-electron chi connectivity index (χ0n) is 14.7. The number of benzene rings is 2. The Hall–Kier alpha value is -2.37. The number of nitrogens with two attached hydrogens (primary N) is 1. The Kier molecular flexibility index (Phi) is 4.66. The van der Waals surface area contributed by atoms with E-state index in [9.17, 15) is 9.90 Å². The third kappa shape index (κ3) is 3.20. The number of nitrogens with zero attached hydrogens (tertiary/aromatic N) is 2. The number of piperazine rings is 1. The van der Waals surface area contributed by atoms with Crippen molar-refractivity contribution in [2.24, 2.45) is 5.73 Å². The molecular formula is C21H25N3O2. The van der Waals surface area contributed by atoms with Gasteiger partial charge in [0.25, 0.3) is 0 Å². The highest BCUT2D eigenvalue weighted by atomic mass is 16.4. The lowest BCUT2D eigenvalue weighted by molar-refractivity contribution is 0.0431. The Labute approximate surface area is 154 Å². The predicted octanol–water partition coefficient (Wildman–Crippen LogP) is 2.58. The van der Waals surface area contributed by atoms with Crippen LogP contribution in [0.5, 0.6) is 0 Å². The lowest BCUT2D eigenvalue weighted by atomic mass is 9.82. The van der Waals surface area contributed by atoms with Gasteiger partial charge in [0.2, 0.25) is 0 Å². The van der Waals surface area contributed by atoms with Crippen molar-refractivity contribution >= 4 is 6.09 Å². The summed E-state index contributed by atoms with van der Waals surface area (Å²) in [5, 5.41) is 9.64. The van der Waals surface area contributed by atoms with Crippen LogP contribution in [0.3, 0.4) is 0 Å². The summed E-state index contributed by atoms with van der Waals surface area (Å²) in [5.74, 6) is 0.118. The monoisotopic (exact) mass is 351 g/mol. The van der Waals surface area contributed by atoms with Crippen molar-refractivity contribution in [3.8, 4) is 0 Å². The minimum absolute atomic E-state index is 0.0863. The molecular weight excluding hydrogens is 326 g/mol. The summed E-state index contributed by atoms with van der Waals surface area (Å²) in [7, 11) is 0. The molecule has 0 saturated carbocycles. The Morgan fingerprint density at radius 2 is 1.54 bits per heavy atom. The molecule has 2 aliphatic heterocycles. The third-order valence-corrected chi connectivity index (χ3v) is 5.73. The molecule has 0 spiro atoms. The second kappa shape index (κ2) is 7.09. The Morgan fingerprint density at radius 1 is 0.962 bits per heavy atom. The topological polar surface area (TPSA) is 69.8 Å². The third-order valence-electron chi connectivity index (χ3n) is 5.73. The first-order chi connectivity index (χ1) is 12.6. The second-order valence-corrected chi connectivity index (χ2v) is 7.40. The smallest absolute Gasteiger partial charge is 0.407 e. The van der Waals surface area contributed by atoms with Gasteiger partial charge in [-0.3, -0.25) is 4.90 Å². The van der Waals surface area contributed by atoms with Crippen molar-refractivity contribution in [2.75, 3.05) is 19.6 Å². The standard InChI is InChI=1S/C21H25N3O2/c22-17-11-18-13-23(21(25)26)14-19(24(18)12-17)20(15-7-3-1-4-8-15)16-9-5-2-6-10-16/h1-10,17-20H,11-14,22H2,(H,25,26)/t17-,18+,19+/m1/s1. The molecule has 0 radical (unpaired) electrons. The van der Waals surface area contributed by atoms with Crippen molar-refractivity contribution in [1.29, 1.82) is 0 Å². The highest BCUT2D eigenvalue weighted by Crippen LogP contribution is 2.37. The van der Waals surface area contributed by atoms with Gasteiger partial charge in [-0.05, 0) is 17.5 Å². The van der Waals surface area contributed by atoms with E-state index in [-0.39, 0.29) is 24.0 Å². The van der Waals surface area contributed by atoms with Gasteiger partial charge in [0.15, 0.2) is 0 Å². The van der Waals surface area contributed by atoms with Gasteiger partial charge in [-0.15, -0.1) is 0 Å². The van der Waals surface area contributed by atoms with Crippen LogP contribution in [-0.4, -0.2) is 58.8 Å². The van der Waals surface area contributed by atoms with Crippen LogP contribution >= 0.6 is 0 Å². The highest BCUT2D eigenvalue weighted by Gasteiger charge is 2.45. The average molecular weight is 351 g/mol. The number of hydrogen-bond donors (Lipinski definition) is 2. The lowest BCUT2D eigenvalue weighted by Crippen LogP contribution is -2.59. The molecule has 1 amide bonds. The summed E-state index contributed by atoms with van der Waals surface area (Å²) < 4.78 is 0. The molecule has 2 aliphatic rings. The fourth-order valence-electron chi connectivity index (χ4n) is 4.64. The molecule has 26 heavy (non-hydrogen) atoms. The minimum atomic E-state index is -0.838. The average Bonchev–Trinajstić information content (AvgIpc) is 3.04. The summed E-state index contributed by atoms with van der Waals surface area (Å²) in [6.45, 7) is 1.89. The number of fused-ring (bicyclic) bond motifs is 1. The zero-order valence-corrected chi connectivity index (χ0v) is 14.7. The van der Waals surface area contributed by atoms with Gasteiger partial charge in [-0.2, -0.15) is 0 Å². The van der Waals surface area contributed by atoms with Crippen LogP contribution in [0.25, 0.3) is 0 Å². The molecule has 2 heterocycles. The highest BCUT2D eigenvalue weighted by molar-refractivity contribution is 5.65. The fraction of sp³-hybridized carbons (Fsp3) is 0.381. The van der Waals surface area contributed by atoms with Crippen LogP contribution in [0, 0.1) is 0 Å². The second-order valence-electron chi connectivity index (χ2n) is 7.40. The van der Waals surface area contributed by atoms with Crippen molar-refractivity contribution in [2.45, 2.75) is 30.5 Å². The zero-order chi connectivity index (χ0) is 18.1. The molecule has 0 bridgehead atoms. The van der Waals surface area contributed by atoms with E-state index in [1.54, 1.807) is 4.90 Å². The van der Waals surface area contributed by atoms with Crippen LogP contribution < -0.4 is 5.73 Å². The van der Waals surface area contributed by atoms with Crippen LogP contribution in [0.15, 0.2) is 60.7 Å². The number of amides is 1. The number of carbonyl (C=O) groups is 1. The van der Waals surface area contributed by atoms with E-state index in [1.807, 2.05) is 12.1 Å². The molecule has 0 unspecified atom stereocenters. The van der Waals surface area contributed by atoms with Crippen molar-refractivity contribution in [1.82, 2.24) is 9.80 Å². The SMILES string of the molecule is N[C@@H]1C[C@H]2CN(C(=O)O)C[C@@H](C(c3ccccc3)c3ccccc3)N2C1. The fourth-order valence-corrected chi connectivity index (χ4v) is 4.64. The van der Waals surface area contributed by atoms with Gasteiger partial charge in [0.1, 0.15) is 0 Å². The summed E-state index contributed by atoms with van der Waals surface area (Å²) in [6, 6.07) is 21.2. The van der Waals surface area contributed by atoms with E-state index in [0.717, 1.165) is 13.0 Å². The molecule has 2 aromatic carbocycles. The summed E-state index contributed by atoms with van der Waals surface area (Å²) >= 11 is 0. The molecule has 5 nitrogen and oxygen atoms in total. The Morgan fingerprint density at radius 3 is 2.08 bits per heavy atom. The largest absolute Gasteiger partial charge is 0.465 e. The van der Waals surface area contributed by atoms with Gasteiger partial charge in [-0.1, -0.05) is 60.7 Å². The number of rotatable bonds is 3. The van der Waals surface area contributed by atoms with Crippen molar-refractivity contribution in [3.05, 3.63) is 71.8 Å². The number of hydrogen-bond acceptors (Lipinski definition) is 3. The lowest BCUT2D eigenvalue weighted by Gasteiger charge is -2.46. The molecule has 2 saturated heterocycles. The van der Waals surface area contributed by atoms with E-state index >= 15 is 0 Å². The van der Waals surface area contributed by atoms with E-state index in [0.29, 0.717) is 13.1 Å². The quantitative estimate of drug-likeness (QED) is 0.892. The Balaban J connectivity index is 1.76. The van der Waals surface area contributed by atoms with Crippen LogP contribution in [-0.2, 0) is 0 Å². The first-order valence-electron chi connectivity index (χ1n) is 9.22. The van der Waals surface area contributed by atoms with Gasteiger partial charge in [0.05, 0.1) is 0 Å². The molecule has 0 aromatic heterocycles. The van der Waals surface area contributed by atoms with Gasteiger partial charge in [0, 0.05) is 43.7 Å². The molecule has 4 rings (SSSR count). The summed E-state index contributed by atoms with van der Waals surface area (Å²) in [6.07, 6.45) is 0.0197. The van der Waals surface area contributed by atoms with E-state index in [4.69, 9.17) is 5.73 Å². The molecule has 136 valence electrons. The summed E-state index contributed by atoms with van der Waals surface area (Å²) in [5.41, 5.74) is 8.68. The predicted molar refractivity (Wildman–Crippen MR) is 101 cm³/mol. The molecule has 3 atom stereocenters. The molecule has 5 heteroatoms. The Bertz CT molecular complexity index is 713. The normalized spacial score (nSPS) is 26.1. The van der Waals surface area contributed by atoms with E-state index in [2.05, 4.69) is 53.4 Å². The van der Waals surface area contributed by atoms with E-state index < -0.39 is 6.09 Å². The van der Waals surface area contributed by atoms with Crippen molar-refractivity contribution < 1.29 is 9.90 Å².